The van der Waals surface area contributed by atoms with Gasteiger partial charge in [0.2, 0.25) is 5.91 Å². The summed E-state index contributed by atoms with van der Waals surface area (Å²) in [6.07, 6.45) is 0.380. The van der Waals surface area contributed by atoms with Crippen LogP contribution in [0.5, 0.6) is 5.75 Å². The molecule has 1 unspecified atom stereocenters. The molecule has 1 aliphatic rings. The van der Waals surface area contributed by atoms with Crippen molar-refractivity contribution >= 4 is 34.8 Å². The summed E-state index contributed by atoms with van der Waals surface area (Å²) in [6.45, 7) is 4.72. The number of hydrogen-bond acceptors (Lipinski definition) is 4. The quantitative estimate of drug-likeness (QED) is 0.602. The highest BCUT2D eigenvalue weighted by Crippen LogP contribution is 2.26. The maximum absolute atomic E-state index is 12.8. The Bertz CT molecular complexity index is 915. The third-order valence-electron chi connectivity index (χ3n) is 4.72. The van der Waals surface area contributed by atoms with Gasteiger partial charge in [0.1, 0.15) is 5.75 Å². The van der Waals surface area contributed by atoms with E-state index in [1.165, 1.54) is 0 Å². The van der Waals surface area contributed by atoms with Gasteiger partial charge in [-0.2, -0.15) is 0 Å². The number of ether oxygens (including phenoxy) is 1. The summed E-state index contributed by atoms with van der Waals surface area (Å²) in [6, 6.07) is 13.1. The van der Waals surface area contributed by atoms with Gasteiger partial charge in [-0.1, -0.05) is 60.4 Å². The Kier molecular flexibility index (Phi) is 7.04. The summed E-state index contributed by atoms with van der Waals surface area (Å²) in [4.78, 5) is 20.2. The van der Waals surface area contributed by atoms with Crippen molar-refractivity contribution < 1.29 is 14.4 Å². The topological polar surface area (TPSA) is 51.1 Å². The van der Waals surface area contributed by atoms with Gasteiger partial charge in [-0.15, -0.1) is 0 Å². The Morgan fingerprint density at radius 1 is 1.24 bits per heavy atom. The number of benzene rings is 2. The van der Waals surface area contributed by atoms with Crippen molar-refractivity contribution in [2.75, 3.05) is 13.7 Å². The molecular weight excluding hydrogens is 411 g/mol. The smallest absolute Gasteiger partial charge is 0.225 e. The number of carbonyl (C=O) groups excluding carboxylic acids is 1. The van der Waals surface area contributed by atoms with E-state index in [0.29, 0.717) is 29.6 Å². The molecule has 0 N–H and O–H groups in total. The van der Waals surface area contributed by atoms with E-state index in [4.69, 9.17) is 32.8 Å². The SMILES string of the molecule is COc1cccc(CN(CC2CC(c3ccc(Cl)c(Cl)c3)=NO2)C(=O)C(C)C)c1. The van der Waals surface area contributed by atoms with Crippen molar-refractivity contribution in [2.45, 2.75) is 32.9 Å². The van der Waals surface area contributed by atoms with Crippen molar-refractivity contribution in [3.8, 4) is 5.75 Å². The van der Waals surface area contributed by atoms with E-state index in [1.54, 1.807) is 19.2 Å². The number of nitrogens with zero attached hydrogens (tertiary/aromatic N) is 2. The Balaban J connectivity index is 1.70. The number of rotatable bonds is 7. The standard InChI is InChI=1S/C22H24Cl2N2O3/c1-14(2)22(27)26(12-15-5-4-6-17(9-15)28-3)13-18-11-21(25-29-18)16-7-8-19(23)20(24)10-16/h4-10,14,18H,11-13H2,1-3H3. The molecule has 1 aliphatic heterocycles. The molecule has 0 aliphatic carbocycles. The molecule has 2 aromatic carbocycles. The summed E-state index contributed by atoms with van der Waals surface area (Å²) in [5, 5.41) is 5.18. The molecule has 0 bridgehead atoms. The summed E-state index contributed by atoms with van der Waals surface area (Å²) in [5.41, 5.74) is 2.67. The largest absolute Gasteiger partial charge is 0.497 e. The van der Waals surface area contributed by atoms with Crippen LogP contribution in [0.2, 0.25) is 10.0 Å². The van der Waals surface area contributed by atoms with Crippen LogP contribution in [0.15, 0.2) is 47.6 Å². The van der Waals surface area contributed by atoms with Crippen molar-refractivity contribution in [1.29, 1.82) is 0 Å². The number of halogens is 2. The molecule has 0 saturated carbocycles. The molecule has 1 heterocycles. The fourth-order valence-electron chi connectivity index (χ4n) is 3.21. The monoisotopic (exact) mass is 434 g/mol. The van der Waals surface area contributed by atoms with Crippen LogP contribution in [-0.2, 0) is 16.2 Å². The van der Waals surface area contributed by atoms with Crippen LogP contribution in [0.1, 0.15) is 31.4 Å². The zero-order chi connectivity index (χ0) is 21.0. The highest BCUT2D eigenvalue weighted by molar-refractivity contribution is 6.42. The second-order valence-corrected chi connectivity index (χ2v) is 8.14. The minimum Gasteiger partial charge on any atom is -0.497 e. The average Bonchev–Trinajstić information content (AvgIpc) is 3.17. The lowest BCUT2D eigenvalue weighted by Crippen LogP contribution is -2.39. The summed E-state index contributed by atoms with van der Waals surface area (Å²) >= 11 is 12.1. The first-order valence-corrected chi connectivity index (χ1v) is 10.2. The number of methoxy groups -OCH3 is 1. The number of amides is 1. The Hall–Kier alpha value is -2.24. The molecule has 0 aromatic heterocycles. The minimum atomic E-state index is -0.215. The van der Waals surface area contributed by atoms with Crippen LogP contribution < -0.4 is 4.74 Å². The number of oxime groups is 1. The van der Waals surface area contributed by atoms with Crippen molar-refractivity contribution in [1.82, 2.24) is 4.90 Å². The highest BCUT2D eigenvalue weighted by atomic mass is 35.5. The zero-order valence-electron chi connectivity index (χ0n) is 16.7. The Morgan fingerprint density at radius 2 is 2.03 bits per heavy atom. The van der Waals surface area contributed by atoms with Crippen molar-refractivity contribution in [3.05, 3.63) is 63.6 Å². The molecule has 7 heteroatoms. The molecule has 0 radical (unpaired) electrons. The molecule has 0 saturated heterocycles. The maximum atomic E-state index is 12.8. The van der Waals surface area contributed by atoms with Crippen LogP contribution in [0.25, 0.3) is 0 Å². The van der Waals surface area contributed by atoms with E-state index in [-0.39, 0.29) is 17.9 Å². The Morgan fingerprint density at radius 3 is 2.72 bits per heavy atom. The van der Waals surface area contributed by atoms with Crippen molar-refractivity contribution in [3.63, 3.8) is 0 Å². The number of hydrogen-bond donors (Lipinski definition) is 0. The van der Waals surface area contributed by atoms with Gasteiger partial charge in [0, 0.05) is 24.4 Å². The molecule has 154 valence electrons. The highest BCUT2D eigenvalue weighted by Gasteiger charge is 2.28. The summed E-state index contributed by atoms with van der Waals surface area (Å²) < 4.78 is 5.29. The van der Waals surface area contributed by atoms with Gasteiger partial charge >= 0.3 is 0 Å². The Labute approximate surface area is 181 Å². The summed E-state index contributed by atoms with van der Waals surface area (Å²) in [7, 11) is 1.63. The van der Waals surface area contributed by atoms with Crippen LogP contribution in [0, 0.1) is 5.92 Å². The normalized spacial score (nSPS) is 15.8. The first-order valence-electron chi connectivity index (χ1n) is 9.47. The van der Waals surface area contributed by atoms with Gasteiger partial charge in [0.25, 0.3) is 0 Å². The fraction of sp³-hybridized carbons (Fsp3) is 0.364. The molecule has 1 amide bonds. The lowest BCUT2D eigenvalue weighted by Gasteiger charge is -2.26. The lowest BCUT2D eigenvalue weighted by molar-refractivity contribution is -0.136. The van der Waals surface area contributed by atoms with Gasteiger partial charge in [0.05, 0.1) is 29.4 Å². The van der Waals surface area contributed by atoms with E-state index in [2.05, 4.69) is 5.16 Å². The van der Waals surface area contributed by atoms with Gasteiger partial charge in [-0.3, -0.25) is 4.79 Å². The average molecular weight is 435 g/mol. The van der Waals surface area contributed by atoms with E-state index in [1.807, 2.05) is 49.1 Å². The molecule has 2 aromatic rings. The zero-order valence-corrected chi connectivity index (χ0v) is 18.2. The summed E-state index contributed by atoms with van der Waals surface area (Å²) in [5.74, 6) is 0.721. The van der Waals surface area contributed by atoms with Crippen LogP contribution in [0.4, 0.5) is 0 Å². The lowest BCUT2D eigenvalue weighted by atomic mass is 10.0. The maximum Gasteiger partial charge on any atom is 0.225 e. The van der Waals surface area contributed by atoms with Gasteiger partial charge in [0.15, 0.2) is 6.10 Å². The fourth-order valence-corrected chi connectivity index (χ4v) is 3.51. The second kappa shape index (κ2) is 9.51. The van der Waals surface area contributed by atoms with Crippen LogP contribution in [0.3, 0.4) is 0 Å². The van der Waals surface area contributed by atoms with Crippen molar-refractivity contribution in [2.24, 2.45) is 11.1 Å². The van der Waals surface area contributed by atoms with Crippen LogP contribution >= 0.6 is 23.2 Å². The first kappa shape index (κ1) is 21.5. The van der Waals surface area contributed by atoms with Gasteiger partial charge < -0.3 is 14.5 Å². The van der Waals surface area contributed by atoms with E-state index in [9.17, 15) is 4.79 Å². The van der Waals surface area contributed by atoms with E-state index >= 15 is 0 Å². The molecule has 0 fully saturated rings. The van der Waals surface area contributed by atoms with E-state index in [0.717, 1.165) is 22.6 Å². The predicted octanol–water partition coefficient (Wildman–Crippen LogP) is 5.18. The third-order valence-corrected chi connectivity index (χ3v) is 5.46. The molecule has 0 spiro atoms. The molecular formula is C22H24Cl2N2O3. The second-order valence-electron chi connectivity index (χ2n) is 7.32. The molecule has 3 rings (SSSR count). The predicted molar refractivity (Wildman–Crippen MR) is 116 cm³/mol. The van der Waals surface area contributed by atoms with Crippen LogP contribution in [-0.4, -0.2) is 36.3 Å². The van der Waals surface area contributed by atoms with Gasteiger partial charge in [-0.25, -0.2) is 0 Å². The van der Waals surface area contributed by atoms with Gasteiger partial charge in [-0.05, 0) is 29.8 Å². The number of carbonyl (C=O) groups is 1. The first-order chi connectivity index (χ1) is 13.9. The molecule has 5 nitrogen and oxygen atoms in total. The third kappa shape index (κ3) is 5.43. The molecule has 29 heavy (non-hydrogen) atoms. The molecule has 1 atom stereocenters. The van der Waals surface area contributed by atoms with E-state index < -0.39 is 0 Å². The minimum absolute atomic E-state index is 0.0689.